The van der Waals surface area contributed by atoms with Crippen molar-refractivity contribution in [2.75, 3.05) is 6.54 Å². The van der Waals surface area contributed by atoms with Crippen LogP contribution in [-0.2, 0) is 5.60 Å². The number of hydrogen-bond donors (Lipinski definition) is 2. The summed E-state index contributed by atoms with van der Waals surface area (Å²) in [4.78, 5) is 12.9. The Morgan fingerprint density at radius 2 is 2.17 bits per heavy atom. The third-order valence-electron chi connectivity index (χ3n) is 3.54. The molecule has 4 nitrogen and oxygen atoms in total. The molecule has 1 aromatic carbocycles. The average Bonchev–Trinajstić information content (AvgIpc) is 3.25. The van der Waals surface area contributed by atoms with Crippen LogP contribution in [0.4, 0.5) is 4.39 Å². The van der Waals surface area contributed by atoms with Crippen LogP contribution in [0.15, 0.2) is 58.5 Å². The van der Waals surface area contributed by atoms with Crippen molar-refractivity contribution in [3.05, 3.63) is 81.1 Å². The summed E-state index contributed by atoms with van der Waals surface area (Å²) in [6.45, 7) is -0.117. The Balaban J connectivity index is 1.83. The van der Waals surface area contributed by atoms with Gasteiger partial charge in [-0.15, -0.1) is 11.3 Å². The summed E-state index contributed by atoms with van der Waals surface area (Å²) in [7, 11) is 0. The van der Waals surface area contributed by atoms with Gasteiger partial charge in [-0.05, 0) is 41.8 Å². The summed E-state index contributed by atoms with van der Waals surface area (Å²) in [6.07, 6.45) is 1.45. The number of benzene rings is 1. The van der Waals surface area contributed by atoms with Gasteiger partial charge in [-0.25, -0.2) is 4.39 Å². The highest BCUT2D eigenvalue weighted by Gasteiger charge is 2.36. The van der Waals surface area contributed by atoms with E-state index in [0.717, 1.165) is 12.1 Å². The maximum atomic E-state index is 13.1. The molecule has 0 bridgehead atoms. The first-order chi connectivity index (χ1) is 11.5. The Kier molecular flexibility index (Phi) is 4.71. The van der Waals surface area contributed by atoms with Gasteiger partial charge in [-0.3, -0.25) is 4.79 Å². The first-order valence-corrected chi connectivity index (χ1v) is 8.30. The van der Waals surface area contributed by atoms with Crippen LogP contribution in [0, 0.1) is 5.82 Å². The zero-order valence-corrected chi connectivity index (χ0v) is 13.9. The minimum absolute atomic E-state index is 0.00478. The number of furan rings is 1. The van der Waals surface area contributed by atoms with Gasteiger partial charge in [-0.2, -0.15) is 0 Å². The van der Waals surface area contributed by atoms with Crippen molar-refractivity contribution in [1.82, 2.24) is 5.32 Å². The van der Waals surface area contributed by atoms with E-state index in [2.05, 4.69) is 5.32 Å². The molecule has 124 valence electrons. The number of carbonyl (C=O) groups is 1. The van der Waals surface area contributed by atoms with Crippen LogP contribution in [0.2, 0.25) is 5.02 Å². The molecule has 0 aliphatic carbocycles. The van der Waals surface area contributed by atoms with E-state index in [4.69, 9.17) is 16.0 Å². The van der Waals surface area contributed by atoms with E-state index < -0.39 is 17.3 Å². The highest BCUT2D eigenvalue weighted by molar-refractivity contribution is 7.10. The van der Waals surface area contributed by atoms with E-state index in [1.54, 1.807) is 24.3 Å². The van der Waals surface area contributed by atoms with Crippen LogP contribution in [0.1, 0.15) is 21.0 Å². The molecule has 2 aromatic heterocycles. The summed E-state index contributed by atoms with van der Waals surface area (Å²) in [5, 5.41) is 15.5. The standard InChI is InChI=1S/C17H13ClFNO3S/c18-13-9-11(19)5-6-12(13)16(21)20-10-17(22,14-3-1-7-23-14)15-4-2-8-24-15/h1-9,22H,10H2,(H,20,21). The number of carbonyl (C=O) groups excluding carboxylic acids is 1. The minimum Gasteiger partial charge on any atom is -0.466 e. The molecule has 1 amide bonds. The predicted octanol–water partition coefficient (Wildman–Crippen LogP) is 3.80. The molecule has 3 aromatic rings. The van der Waals surface area contributed by atoms with Gasteiger partial charge in [0, 0.05) is 4.88 Å². The molecular weight excluding hydrogens is 353 g/mol. The van der Waals surface area contributed by atoms with Crippen LogP contribution in [0.25, 0.3) is 0 Å². The zero-order chi connectivity index (χ0) is 17.2. The van der Waals surface area contributed by atoms with Crippen molar-refractivity contribution in [2.24, 2.45) is 0 Å². The van der Waals surface area contributed by atoms with Crippen LogP contribution < -0.4 is 5.32 Å². The van der Waals surface area contributed by atoms with Crippen molar-refractivity contribution < 1.29 is 18.7 Å². The fourth-order valence-corrected chi connectivity index (χ4v) is 3.38. The summed E-state index contributed by atoms with van der Waals surface area (Å²) >= 11 is 7.24. The molecule has 2 heterocycles. The lowest BCUT2D eigenvalue weighted by molar-refractivity contribution is 0.0554. The highest BCUT2D eigenvalue weighted by atomic mass is 35.5. The fraction of sp³-hybridized carbons (Fsp3) is 0.118. The second-order valence-electron chi connectivity index (χ2n) is 5.12. The molecule has 0 saturated carbocycles. The second kappa shape index (κ2) is 6.76. The smallest absolute Gasteiger partial charge is 0.252 e. The minimum atomic E-state index is -1.50. The molecule has 0 fully saturated rings. The van der Waals surface area contributed by atoms with Crippen LogP contribution in [0.5, 0.6) is 0 Å². The van der Waals surface area contributed by atoms with Crippen LogP contribution >= 0.6 is 22.9 Å². The Morgan fingerprint density at radius 3 is 2.79 bits per heavy atom. The van der Waals surface area contributed by atoms with E-state index in [1.165, 1.54) is 23.7 Å². The molecule has 0 radical (unpaired) electrons. The van der Waals surface area contributed by atoms with Crippen molar-refractivity contribution in [3.63, 3.8) is 0 Å². The molecule has 7 heteroatoms. The normalized spacial score (nSPS) is 13.5. The van der Waals surface area contributed by atoms with Crippen LogP contribution in [-0.4, -0.2) is 17.6 Å². The fourth-order valence-electron chi connectivity index (χ4n) is 2.30. The van der Waals surface area contributed by atoms with Crippen molar-refractivity contribution >= 4 is 28.8 Å². The van der Waals surface area contributed by atoms with Gasteiger partial charge >= 0.3 is 0 Å². The molecule has 0 aliphatic rings. The molecule has 0 aliphatic heterocycles. The molecule has 0 saturated heterocycles. The topological polar surface area (TPSA) is 62.5 Å². The Morgan fingerprint density at radius 1 is 1.33 bits per heavy atom. The summed E-state index contributed by atoms with van der Waals surface area (Å²) < 4.78 is 18.4. The van der Waals surface area contributed by atoms with Crippen molar-refractivity contribution in [2.45, 2.75) is 5.60 Å². The SMILES string of the molecule is O=C(NCC(O)(c1ccco1)c1cccs1)c1ccc(F)cc1Cl. The third-order valence-corrected chi connectivity index (χ3v) is 4.87. The summed E-state index contributed by atoms with van der Waals surface area (Å²) in [6, 6.07) is 10.4. The summed E-state index contributed by atoms with van der Waals surface area (Å²) in [5.41, 5.74) is -1.37. The zero-order valence-electron chi connectivity index (χ0n) is 12.3. The lowest BCUT2D eigenvalue weighted by atomic mass is 9.98. The molecule has 1 unspecified atom stereocenters. The van der Waals surface area contributed by atoms with Gasteiger partial charge in [0.1, 0.15) is 11.6 Å². The third kappa shape index (κ3) is 3.21. The second-order valence-corrected chi connectivity index (χ2v) is 6.48. The van der Waals surface area contributed by atoms with E-state index in [-0.39, 0.29) is 17.1 Å². The van der Waals surface area contributed by atoms with Crippen molar-refractivity contribution in [3.8, 4) is 0 Å². The molecule has 0 spiro atoms. The maximum absolute atomic E-state index is 13.1. The van der Waals surface area contributed by atoms with E-state index in [0.29, 0.717) is 10.6 Å². The average molecular weight is 366 g/mol. The van der Waals surface area contributed by atoms with E-state index in [9.17, 15) is 14.3 Å². The maximum Gasteiger partial charge on any atom is 0.252 e. The number of aliphatic hydroxyl groups is 1. The molecule has 3 rings (SSSR count). The monoisotopic (exact) mass is 365 g/mol. The van der Waals surface area contributed by atoms with E-state index >= 15 is 0 Å². The summed E-state index contributed by atoms with van der Waals surface area (Å²) in [5.74, 6) is -0.723. The van der Waals surface area contributed by atoms with Gasteiger partial charge in [0.2, 0.25) is 0 Å². The lowest BCUT2D eigenvalue weighted by Gasteiger charge is -2.25. The van der Waals surface area contributed by atoms with Gasteiger partial charge in [0.05, 0.1) is 23.4 Å². The Labute approximate surface area is 146 Å². The van der Waals surface area contributed by atoms with Crippen LogP contribution in [0.3, 0.4) is 0 Å². The van der Waals surface area contributed by atoms with E-state index in [1.807, 2.05) is 5.38 Å². The van der Waals surface area contributed by atoms with Crippen molar-refractivity contribution in [1.29, 1.82) is 0 Å². The quantitative estimate of drug-likeness (QED) is 0.723. The largest absolute Gasteiger partial charge is 0.466 e. The molecule has 1 atom stereocenters. The number of thiophene rings is 1. The van der Waals surface area contributed by atoms with Gasteiger partial charge < -0.3 is 14.8 Å². The lowest BCUT2D eigenvalue weighted by Crippen LogP contribution is -2.41. The highest BCUT2D eigenvalue weighted by Crippen LogP contribution is 2.32. The molecule has 24 heavy (non-hydrogen) atoms. The number of rotatable bonds is 5. The number of nitrogens with one attached hydrogen (secondary N) is 1. The van der Waals surface area contributed by atoms with Gasteiger partial charge in [0.25, 0.3) is 5.91 Å². The Hall–Kier alpha value is -2.15. The Bertz CT molecular complexity index is 799. The predicted molar refractivity (Wildman–Crippen MR) is 89.8 cm³/mol. The molecule has 2 N–H and O–H groups in total. The number of hydrogen-bond acceptors (Lipinski definition) is 4. The number of halogens is 2. The first-order valence-electron chi connectivity index (χ1n) is 7.04. The number of amides is 1. The first kappa shape index (κ1) is 16.7. The van der Waals surface area contributed by atoms with Gasteiger partial charge in [-0.1, -0.05) is 17.7 Å². The van der Waals surface area contributed by atoms with Gasteiger partial charge in [0.15, 0.2) is 5.60 Å². The molecular formula is C17H13ClFNO3S.